The Bertz CT molecular complexity index is 1480. The Morgan fingerprint density at radius 2 is 1.74 bits per heavy atom. The summed E-state index contributed by atoms with van der Waals surface area (Å²) in [6.07, 6.45) is 0.326. The number of nitrogens with zero attached hydrogens (tertiary/aromatic N) is 2. The summed E-state index contributed by atoms with van der Waals surface area (Å²) in [4.78, 5) is 43.6. The molecule has 1 atom stereocenters. The minimum atomic E-state index is -0.853. The molecule has 1 unspecified atom stereocenters. The molecule has 35 heavy (non-hydrogen) atoms. The van der Waals surface area contributed by atoms with Crippen LogP contribution in [-0.2, 0) is 9.59 Å². The third-order valence-corrected chi connectivity index (χ3v) is 5.65. The number of anilines is 2. The minimum Gasteiger partial charge on any atom is -0.326 e. The molecule has 3 aromatic carbocycles. The van der Waals surface area contributed by atoms with Crippen LogP contribution in [0, 0.1) is 12.7 Å². The second kappa shape index (κ2) is 9.89. The zero-order valence-corrected chi connectivity index (χ0v) is 19.6. The molecule has 0 aliphatic rings. The molecule has 0 aliphatic carbocycles. The normalized spacial score (nSPS) is 11.8. The molecule has 0 saturated heterocycles. The number of carbonyl (C=O) groups excluding carboxylic acids is 2. The second-order valence-corrected chi connectivity index (χ2v) is 8.27. The lowest BCUT2D eigenvalue weighted by atomic mass is 10.0. The summed E-state index contributed by atoms with van der Waals surface area (Å²) in [5.74, 6) is -1.10. The van der Waals surface area contributed by atoms with Crippen LogP contribution in [0.15, 0.2) is 71.5 Å². The van der Waals surface area contributed by atoms with Gasteiger partial charge in [-0.25, -0.2) is 9.37 Å². The average Bonchev–Trinajstić information content (AvgIpc) is 2.83. The predicted molar refractivity (Wildman–Crippen MR) is 135 cm³/mol. The summed E-state index contributed by atoms with van der Waals surface area (Å²) in [5.41, 5.74) is 2.95. The lowest BCUT2D eigenvalue weighted by Crippen LogP contribution is -2.34. The summed E-state index contributed by atoms with van der Waals surface area (Å²) >= 11 is 0. The highest BCUT2D eigenvalue weighted by molar-refractivity contribution is 5.96. The summed E-state index contributed by atoms with van der Waals surface area (Å²) in [6, 6.07) is 17.0. The van der Waals surface area contributed by atoms with Crippen molar-refractivity contribution < 1.29 is 14.0 Å². The first kappa shape index (κ1) is 23.8. The number of fused-ring (bicyclic) bond motifs is 1. The number of aryl methyl sites for hydroxylation is 1. The molecule has 0 spiro atoms. The molecular formula is C27H25FN4O3. The number of para-hydroxylation sites is 2. The van der Waals surface area contributed by atoms with Gasteiger partial charge in [-0.3, -0.25) is 19.0 Å². The van der Waals surface area contributed by atoms with E-state index < -0.39 is 23.3 Å². The van der Waals surface area contributed by atoms with E-state index in [1.165, 1.54) is 35.8 Å². The van der Waals surface area contributed by atoms with E-state index in [0.717, 1.165) is 5.56 Å². The van der Waals surface area contributed by atoms with Crippen molar-refractivity contribution in [3.8, 4) is 11.3 Å². The zero-order chi connectivity index (χ0) is 25.1. The van der Waals surface area contributed by atoms with Crippen molar-refractivity contribution in [1.82, 2.24) is 9.55 Å². The summed E-state index contributed by atoms with van der Waals surface area (Å²) in [7, 11) is 0. The minimum absolute atomic E-state index is 0.129. The summed E-state index contributed by atoms with van der Waals surface area (Å²) in [6.45, 7) is 5.08. The molecule has 2 amide bonds. The Morgan fingerprint density at radius 1 is 1.03 bits per heavy atom. The number of rotatable bonds is 6. The molecule has 1 heterocycles. The van der Waals surface area contributed by atoms with E-state index in [-0.39, 0.29) is 11.6 Å². The van der Waals surface area contributed by atoms with E-state index in [2.05, 4.69) is 15.6 Å². The van der Waals surface area contributed by atoms with E-state index in [9.17, 15) is 18.8 Å². The van der Waals surface area contributed by atoms with Gasteiger partial charge in [-0.2, -0.15) is 0 Å². The van der Waals surface area contributed by atoms with Crippen molar-refractivity contribution in [2.75, 3.05) is 10.6 Å². The van der Waals surface area contributed by atoms with Gasteiger partial charge in [0.15, 0.2) is 0 Å². The van der Waals surface area contributed by atoms with E-state index >= 15 is 0 Å². The quantitative estimate of drug-likeness (QED) is 0.410. The van der Waals surface area contributed by atoms with Gasteiger partial charge in [0.2, 0.25) is 11.8 Å². The molecule has 1 aromatic heterocycles. The van der Waals surface area contributed by atoms with Crippen LogP contribution in [0.1, 0.15) is 31.9 Å². The van der Waals surface area contributed by atoms with Crippen molar-refractivity contribution in [3.05, 3.63) is 88.5 Å². The fourth-order valence-electron chi connectivity index (χ4n) is 4.04. The lowest BCUT2D eigenvalue weighted by Gasteiger charge is -2.21. The molecular weight excluding hydrogens is 447 g/mol. The average molecular weight is 473 g/mol. The monoisotopic (exact) mass is 472 g/mol. The van der Waals surface area contributed by atoms with Gasteiger partial charge in [0.05, 0.1) is 16.7 Å². The first-order valence-electron chi connectivity index (χ1n) is 11.2. The Morgan fingerprint density at radius 3 is 2.43 bits per heavy atom. The molecule has 0 bridgehead atoms. The van der Waals surface area contributed by atoms with Crippen molar-refractivity contribution in [3.63, 3.8) is 0 Å². The van der Waals surface area contributed by atoms with Crippen LogP contribution in [0.2, 0.25) is 0 Å². The summed E-state index contributed by atoms with van der Waals surface area (Å²) in [5, 5.41) is 5.53. The first-order chi connectivity index (χ1) is 16.8. The zero-order valence-electron chi connectivity index (χ0n) is 19.6. The molecule has 4 aromatic rings. The van der Waals surface area contributed by atoms with Gasteiger partial charge < -0.3 is 10.6 Å². The number of aromatic nitrogens is 2. The van der Waals surface area contributed by atoms with Gasteiger partial charge >= 0.3 is 0 Å². The van der Waals surface area contributed by atoms with E-state index in [4.69, 9.17) is 0 Å². The van der Waals surface area contributed by atoms with Crippen LogP contribution in [-0.4, -0.2) is 21.4 Å². The third-order valence-electron chi connectivity index (χ3n) is 5.65. The lowest BCUT2D eigenvalue weighted by molar-refractivity contribution is -0.119. The van der Waals surface area contributed by atoms with E-state index in [1.807, 2.05) is 19.9 Å². The molecule has 0 fully saturated rings. The molecule has 178 valence electrons. The van der Waals surface area contributed by atoms with Gasteiger partial charge in [-0.15, -0.1) is 0 Å². The Kier molecular flexibility index (Phi) is 6.73. The molecule has 0 aliphatic heterocycles. The molecule has 2 N–H and O–H groups in total. The van der Waals surface area contributed by atoms with Crippen LogP contribution in [0.4, 0.5) is 15.8 Å². The van der Waals surface area contributed by atoms with Crippen molar-refractivity contribution in [1.29, 1.82) is 0 Å². The van der Waals surface area contributed by atoms with E-state index in [1.54, 1.807) is 36.4 Å². The number of hydrogen-bond donors (Lipinski definition) is 2. The Hall–Kier alpha value is -4.33. The fourth-order valence-corrected chi connectivity index (χ4v) is 4.04. The van der Waals surface area contributed by atoms with Gasteiger partial charge in [0, 0.05) is 18.2 Å². The molecule has 0 radical (unpaired) electrons. The summed E-state index contributed by atoms with van der Waals surface area (Å²) < 4.78 is 14.7. The standard InChI is InChI=1S/C27H25FN4O3/c1-4-23(26(34)30-19-12-10-18(28)11-13-19)32-24-8-6-5-7-22(24)31-25(27(32)35)20-15-16(2)9-14-21(20)29-17(3)33/h5-15,23H,4H2,1-3H3,(H,29,33)(H,30,34). The van der Waals surface area contributed by atoms with Crippen molar-refractivity contribution >= 4 is 34.2 Å². The molecule has 4 rings (SSSR count). The van der Waals surface area contributed by atoms with Crippen LogP contribution in [0.3, 0.4) is 0 Å². The van der Waals surface area contributed by atoms with E-state index in [0.29, 0.717) is 34.4 Å². The smallest absolute Gasteiger partial charge is 0.278 e. The van der Waals surface area contributed by atoms with Crippen molar-refractivity contribution in [2.45, 2.75) is 33.2 Å². The second-order valence-electron chi connectivity index (χ2n) is 8.27. The predicted octanol–water partition coefficient (Wildman–Crippen LogP) is 5.06. The topological polar surface area (TPSA) is 93.1 Å². The maximum absolute atomic E-state index is 13.9. The molecule has 0 saturated carbocycles. The highest BCUT2D eigenvalue weighted by atomic mass is 19.1. The third kappa shape index (κ3) is 4.96. The van der Waals surface area contributed by atoms with Gasteiger partial charge in [-0.1, -0.05) is 30.7 Å². The Balaban J connectivity index is 1.90. The highest BCUT2D eigenvalue weighted by Crippen LogP contribution is 2.29. The molecule has 7 nitrogen and oxygen atoms in total. The van der Waals surface area contributed by atoms with Crippen molar-refractivity contribution in [2.24, 2.45) is 0 Å². The van der Waals surface area contributed by atoms with Gasteiger partial charge in [-0.05, 0) is 61.9 Å². The maximum atomic E-state index is 13.9. The molecule has 8 heteroatoms. The van der Waals surface area contributed by atoms with Crippen LogP contribution < -0.4 is 16.2 Å². The van der Waals surface area contributed by atoms with Gasteiger partial charge in [0.25, 0.3) is 5.56 Å². The van der Waals surface area contributed by atoms with Crippen LogP contribution >= 0.6 is 0 Å². The Labute approximate surface area is 201 Å². The van der Waals surface area contributed by atoms with Gasteiger partial charge in [0.1, 0.15) is 17.6 Å². The number of amides is 2. The first-order valence-corrected chi connectivity index (χ1v) is 11.2. The number of nitrogens with one attached hydrogen (secondary N) is 2. The van der Waals surface area contributed by atoms with Crippen LogP contribution in [0.25, 0.3) is 22.3 Å². The number of halogens is 1. The maximum Gasteiger partial charge on any atom is 0.278 e. The highest BCUT2D eigenvalue weighted by Gasteiger charge is 2.25. The largest absolute Gasteiger partial charge is 0.326 e. The number of carbonyl (C=O) groups is 2. The van der Waals surface area contributed by atoms with Crippen LogP contribution in [0.5, 0.6) is 0 Å². The number of benzene rings is 3. The fraction of sp³-hybridized carbons (Fsp3) is 0.185. The number of hydrogen-bond acceptors (Lipinski definition) is 4. The SMILES string of the molecule is CCC(C(=O)Nc1ccc(F)cc1)n1c(=O)c(-c2cc(C)ccc2NC(C)=O)nc2ccccc21.